The fourth-order valence-electron chi connectivity index (χ4n) is 1.80. The van der Waals surface area contributed by atoms with Gasteiger partial charge in [0.1, 0.15) is 0 Å². The van der Waals surface area contributed by atoms with E-state index in [0.717, 1.165) is 13.1 Å². The molecule has 3 heteroatoms. The van der Waals surface area contributed by atoms with E-state index in [1.54, 1.807) is 0 Å². The minimum absolute atomic E-state index is 0. The van der Waals surface area contributed by atoms with Gasteiger partial charge in [0.05, 0.1) is 0 Å². The van der Waals surface area contributed by atoms with Crippen LogP contribution in [0.3, 0.4) is 0 Å². The molecule has 0 atom stereocenters. The van der Waals surface area contributed by atoms with Gasteiger partial charge >= 0.3 is 0 Å². The van der Waals surface area contributed by atoms with Crippen LogP contribution in [0.2, 0.25) is 0 Å². The first-order valence-electron chi connectivity index (χ1n) is 6.28. The average Bonchev–Trinajstić information content (AvgIpc) is 2.90. The van der Waals surface area contributed by atoms with Gasteiger partial charge in [-0.2, -0.15) is 0 Å². The van der Waals surface area contributed by atoms with Crippen molar-refractivity contribution in [1.29, 1.82) is 0 Å². The van der Waals surface area contributed by atoms with Gasteiger partial charge < -0.3 is 9.80 Å². The Labute approximate surface area is 131 Å². The first-order chi connectivity index (χ1) is 8.58. The standard InChI is InChI=1S/C11H19N2.C5H5.Fe/c1-12(2)8-10-5-6-11(7-10)9-13(3)4;1-2-4-5-3-1;/h5-7H,8-9H2,1-4H3;1-5H;. The van der Waals surface area contributed by atoms with Crippen molar-refractivity contribution in [2.45, 2.75) is 0 Å². The van der Waals surface area contributed by atoms with E-state index in [1.165, 1.54) is 11.8 Å². The molecule has 2 rings (SSSR count). The third-order valence-corrected chi connectivity index (χ3v) is 2.44. The van der Waals surface area contributed by atoms with Crippen LogP contribution in [0.4, 0.5) is 0 Å². The minimum atomic E-state index is 0. The summed E-state index contributed by atoms with van der Waals surface area (Å²) in [5.74, 6) is 2.81. The summed E-state index contributed by atoms with van der Waals surface area (Å²) in [6.07, 6.45) is 16.7. The van der Waals surface area contributed by atoms with Crippen molar-refractivity contribution in [1.82, 2.24) is 9.80 Å². The molecule has 10 radical (unpaired) electrons. The summed E-state index contributed by atoms with van der Waals surface area (Å²) in [5, 5.41) is 0. The Kier molecular flexibility index (Phi) is 11.4. The normalized spacial score (nSPS) is 20.5. The second kappa shape index (κ2) is 11.1. The van der Waals surface area contributed by atoms with Crippen LogP contribution in [-0.2, 0) is 17.1 Å². The van der Waals surface area contributed by atoms with Gasteiger partial charge in [0, 0.05) is 30.2 Å². The molecule has 0 heterocycles. The molecule has 0 N–H and O–H groups in total. The molecule has 0 bridgehead atoms. The quantitative estimate of drug-likeness (QED) is 0.732. The minimum Gasteiger partial charge on any atom is -0.309 e. The van der Waals surface area contributed by atoms with Crippen LogP contribution >= 0.6 is 0 Å². The van der Waals surface area contributed by atoms with Crippen LogP contribution in [0.25, 0.3) is 0 Å². The van der Waals surface area contributed by atoms with Gasteiger partial charge in [-0.1, -0.05) is 0 Å². The van der Waals surface area contributed by atoms with E-state index in [9.17, 15) is 0 Å². The molecule has 106 valence electrons. The van der Waals surface area contributed by atoms with Crippen LogP contribution in [0, 0.1) is 63.2 Å². The van der Waals surface area contributed by atoms with Gasteiger partial charge in [0.15, 0.2) is 0 Å². The second-order valence-electron chi connectivity index (χ2n) is 5.07. The summed E-state index contributed by atoms with van der Waals surface area (Å²) < 4.78 is 0. The monoisotopic (exact) mass is 300 g/mol. The van der Waals surface area contributed by atoms with Crippen LogP contribution in [0.1, 0.15) is 0 Å². The van der Waals surface area contributed by atoms with E-state index in [-0.39, 0.29) is 17.1 Å². The number of hydrogen-bond donors (Lipinski definition) is 0. The molecule has 2 fully saturated rings. The van der Waals surface area contributed by atoms with Crippen LogP contribution < -0.4 is 0 Å². The number of rotatable bonds is 4. The first-order valence-corrected chi connectivity index (χ1v) is 6.28. The summed E-state index contributed by atoms with van der Waals surface area (Å²) in [7, 11) is 8.38. The Morgan fingerprint density at radius 2 is 1.00 bits per heavy atom. The van der Waals surface area contributed by atoms with E-state index >= 15 is 0 Å². The van der Waals surface area contributed by atoms with Crippen molar-refractivity contribution in [3.8, 4) is 0 Å². The molecular formula is C16H24FeN2. The first kappa shape index (κ1) is 19.4. The van der Waals surface area contributed by atoms with Crippen molar-refractivity contribution < 1.29 is 17.1 Å². The van der Waals surface area contributed by atoms with Gasteiger partial charge in [-0.05, 0) is 91.4 Å². The Morgan fingerprint density at radius 3 is 1.26 bits per heavy atom. The summed E-state index contributed by atoms with van der Waals surface area (Å²) in [4.78, 5) is 4.38. The zero-order valence-corrected chi connectivity index (χ0v) is 13.4. The molecule has 19 heavy (non-hydrogen) atoms. The molecule has 0 saturated heterocycles. The SMILES string of the molecule is CN(C)C[C]1[CH][CH][C](CN(C)C)[CH]1.[CH]1[CH][CH][CH][CH]1.[Fe]. The summed E-state index contributed by atoms with van der Waals surface area (Å²) >= 11 is 0. The Hall–Kier alpha value is 0.439. The van der Waals surface area contributed by atoms with Crippen molar-refractivity contribution >= 4 is 0 Å². The third-order valence-electron chi connectivity index (χ3n) is 2.44. The Bertz CT molecular complexity index is 179. The second-order valence-corrected chi connectivity index (χ2v) is 5.07. The molecule has 2 saturated carbocycles. The van der Waals surface area contributed by atoms with E-state index in [0.29, 0.717) is 0 Å². The molecule has 2 nitrogen and oxygen atoms in total. The molecule has 0 aromatic rings. The van der Waals surface area contributed by atoms with Crippen LogP contribution in [0.15, 0.2) is 0 Å². The largest absolute Gasteiger partial charge is 0.309 e. The van der Waals surface area contributed by atoms with Crippen molar-refractivity contribution in [2.24, 2.45) is 0 Å². The smallest absolute Gasteiger partial charge is 0.00438 e. The number of nitrogens with zero attached hydrogens (tertiary/aromatic N) is 2. The van der Waals surface area contributed by atoms with Gasteiger partial charge in [0.25, 0.3) is 0 Å². The zero-order valence-electron chi connectivity index (χ0n) is 12.3. The van der Waals surface area contributed by atoms with Crippen molar-refractivity contribution in [3.05, 3.63) is 63.2 Å². The molecule has 0 amide bonds. The van der Waals surface area contributed by atoms with Crippen LogP contribution in [-0.4, -0.2) is 51.1 Å². The predicted molar refractivity (Wildman–Crippen MR) is 78.0 cm³/mol. The molecule has 0 spiro atoms. The Morgan fingerprint density at radius 1 is 0.684 bits per heavy atom. The Balaban J connectivity index is 0.000000454. The maximum absolute atomic E-state index is 2.28. The van der Waals surface area contributed by atoms with Gasteiger partial charge in [-0.3, -0.25) is 0 Å². The van der Waals surface area contributed by atoms with Crippen LogP contribution in [0.5, 0.6) is 0 Å². The molecule has 0 aliphatic heterocycles. The fourth-order valence-corrected chi connectivity index (χ4v) is 1.80. The maximum Gasteiger partial charge on any atom is 0.00438 e. The summed E-state index contributed by atoms with van der Waals surface area (Å²) in [6.45, 7) is 2.07. The van der Waals surface area contributed by atoms with Crippen molar-refractivity contribution in [3.63, 3.8) is 0 Å². The van der Waals surface area contributed by atoms with E-state index in [4.69, 9.17) is 0 Å². The molecule has 2 aliphatic rings. The fraction of sp³-hybridized carbons (Fsp3) is 0.375. The van der Waals surface area contributed by atoms with E-state index in [2.05, 4.69) is 57.3 Å². The molecule has 2 aliphatic carbocycles. The zero-order chi connectivity index (χ0) is 13.4. The van der Waals surface area contributed by atoms with E-state index < -0.39 is 0 Å². The maximum atomic E-state index is 2.28. The van der Waals surface area contributed by atoms with Gasteiger partial charge in [-0.15, -0.1) is 0 Å². The average molecular weight is 300 g/mol. The molecule has 0 unspecified atom stereocenters. The number of hydrogen-bond acceptors (Lipinski definition) is 2. The van der Waals surface area contributed by atoms with E-state index in [1.807, 2.05) is 32.1 Å². The molecule has 0 aromatic carbocycles. The third kappa shape index (κ3) is 9.90. The van der Waals surface area contributed by atoms with Crippen molar-refractivity contribution in [2.75, 3.05) is 41.3 Å². The van der Waals surface area contributed by atoms with Gasteiger partial charge in [-0.25, -0.2) is 0 Å². The predicted octanol–water partition coefficient (Wildman–Crippen LogP) is 1.90. The molecular weight excluding hydrogens is 276 g/mol. The molecule has 0 aromatic heterocycles. The van der Waals surface area contributed by atoms with Gasteiger partial charge in [0.2, 0.25) is 0 Å². The topological polar surface area (TPSA) is 6.48 Å². The summed E-state index contributed by atoms with van der Waals surface area (Å²) in [6, 6.07) is 0. The summed E-state index contributed by atoms with van der Waals surface area (Å²) in [5.41, 5.74) is 0.